The quantitative estimate of drug-likeness (QED) is 0.704. The number of carbonyl (C=O) groups is 1. The third-order valence-corrected chi connectivity index (χ3v) is 5.72. The number of benzene rings is 3. The fraction of sp³-hybridized carbons (Fsp3) is 0.0500. The van der Waals surface area contributed by atoms with Crippen molar-refractivity contribution in [3.63, 3.8) is 0 Å². The summed E-state index contributed by atoms with van der Waals surface area (Å²) in [5.74, 6) is 0.765. The van der Waals surface area contributed by atoms with E-state index in [1.54, 1.807) is 7.11 Å². The summed E-state index contributed by atoms with van der Waals surface area (Å²) in [4.78, 5) is 13.0. The molecule has 0 unspecified atom stereocenters. The van der Waals surface area contributed by atoms with Gasteiger partial charge in [0.25, 0.3) is 5.65 Å². The summed E-state index contributed by atoms with van der Waals surface area (Å²) < 4.78 is 5.15. The van der Waals surface area contributed by atoms with Gasteiger partial charge in [0, 0.05) is 5.69 Å². The first kappa shape index (κ1) is 16.2. The molecule has 0 spiro atoms. The number of methoxy groups -OCH3 is 1. The molecule has 1 amide bonds. The normalized spacial score (nSPS) is 10.4. The smallest absolute Gasteiger partial charge is 0.254 e. The van der Waals surface area contributed by atoms with E-state index in [1.165, 1.54) is 0 Å². The third-order valence-electron chi connectivity index (χ3n) is 3.57. The minimum atomic E-state index is -1.13. The number of hydrogen-bond donors (Lipinski definition) is 1. The maximum absolute atomic E-state index is 13.0. The van der Waals surface area contributed by atoms with Gasteiger partial charge in [-0.2, -0.15) is 0 Å². The maximum Gasteiger partial charge on any atom is 0.254 e. The molecule has 0 saturated heterocycles. The molecular weight excluding hydrogens is 317 g/mol. The van der Waals surface area contributed by atoms with E-state index >= 15 is 0 Å². The molecule has 0 aromatic heterocycles. The van der Waals surface area contributed by atoms with Crippen LogP contribution < -0.4 is 20.7 Å². The second-order valence-electron chi connectivity index (χ2n) is 5.17. The van der Waals surface area contributed by atoms with E-state index < -0.39 is 7.92 Å². The zero-order chi connectivity index (χ0) is 16.8. The molecule has 0 atom stereocenters. The van der Waals surface area contributed by atoms with Crippen molar-refractivity contribution in [3.8, 4) is 5.75 Å². The summed E-state index contributed by atoms with van der Waals surface area (Å²) in [6.07, 6.45) is 0. The van der Waals surface area contributed by atoms with E-state index in [0.29, 0.717) is 0 Å². The topological polar surface area (TPSA) is 38.3 Å². The Labute approximate surface area is 143 Å². The van der Waals surface area contributed by atoms with E-state index in [9.17, 15) is 4.79 Å². The third kappa shape index (κ3) is 3.81. The molecule has 0 radical (unpaired) electrons. The Balaban J connectivity index is 1.89. The molecule has 0 fully saturated rings. The van der Waals surface area contributed by atoms with E-state index in [4.69, 9.17) is 4.74 Å². The summed E-state index contributed by atoms with van der Waals surface area (Å²) in [5.41, 5.74) is 0.771. The Morgan fingerprint density at radius 1 is 0.792 bits per heavy atom. The van der Waals surface area contributed by atoms with Crippen molar-refractivity contribution in [1.29, 1.82) is 0 Å². The van der Waals surface area contributed by atoms with Gasteiger partial charge in [-0.3, -0.25) is 4.79 Å². The van der Waals surface area contributed by atoms with Crippen LogP contribution in [0.2, 0.25) is 0 Å². The minimum Gasteiger partial charge on any atom is -0.497 e. The Morgan fingerprint density at radius 2 is 1.29 bits per heavy atom. The van der Waals surface area contributed by atoms with Crippen LogP contribution in [-0.2, 0) is 0 Å². The first-order chi connectivity index (χ1) is 11.8. The average Bonchev–Trinajstić information content (AvgIpc) is 2.64. The van der Waals surface area contributed by atoms with Crippen molar-refractivity contribution in [2.75, 3.05) is 12.4 Å². The van der Waals surface area contributed by atoms with Gasteiger partial charge >= 0.3 is 0 Å². The first-order valence-corrected chi connectivity index (χ1v) is 8.97. The molecule has 0 bridgehead atoms. The Bertz CT molecular complexity index is 749. The summed E-state index contributed by atoms with van der Waals surface area (Å²) >= 11 is 0. The highest BCUT2D eigenvalue weighted by atomic mass is 31.1. The SMILES string of the molecule is COc1ccc(NC(=O)P(c2ccccc2)c2ccccc2)cc1. The van der Waals surface area contributed by atoms with Crippen LogP contribution in [0.1, 0.15) is 0 Å². The lowest BCUT2D eigenvalue weighted by Crippen LogP contribution is -2.21. The van der Waals surface area contributed by atoms with Crippen molar-refractivity contribution in [2.45, 2.75) is 0 Å². The number of rotatable bonds is 5. The van der Waals surface area contributed by atoms with Gasteiger partial charge in [0.15, 0.2) is 0 Å². The summed E-state index contributed by atoms with van der Waals surface area (Å²) in [5, 5.41) is 5.09. The molecule has 3 aromatic carbocycles. The molecule has 4 heteroatoms. The number of nitrogens with one attached hydrogen (secondary N) is 1. The van der Waals surface area contributed by atoms with Crippen molar-refractivity contribution >= 4 is 29.9 Å². The van der Waals surface area contributed by atoms with Gasteiger partial charge in [-0.15, -0.1) is 0 Å². The fourth-order valence-electron chi connectivity index (χ4n) is 2.39. The molecular formula is C20H18NO2P. The Morgan fingerprint density at radius 3 is 1.75 bits per heavy atom. The molecule has 120 valence electrons. The fourth-order valence-corrected chi connectivity index (χ4v) is 4.34. The highest BCUT2D eigenvalue weighted by molar-refractivity contribution is 7.88. The highest BCUT2D eigenvalue weighted by Gasteiger charge is 2.22. The van der Waals surface area contributed by atoms with Crippen LogP contribution in [-0.4, -0.2) is 12.8 Å². The minimum absolute atomic E-state index is 0.00701. The van der Waals surface area contributed by atoms with E-state index in [-0.39, 0.29) is 5.65 Å². The molecule has 24 heavy (non-hydrogen) atoms. The molecule has 3 aromatic rings. The van der Waals surface area contributed by atoms with Crippen molar-refractivity contribution in [3.05, 3.63) is 84.9 Å². The number of hydrogen-bond acceptors (Lipinski definition) is 2. The molecule has 1 N–H and O–H groups in total. The number of amides is 1. The Hall–Kier alpha value is -2.64. The second-order valence-corrected chi connectivity index (χ2v) is 7.27. The van der Waals surface area contributed by atoms with Crippen molar-refractivity contribution in [1.82, 2.24) is 0 Å². The van der Waals surface area contributed by atoms with Crippen LogP contribution >= 0.6 is 7.92 Å². The van der Waals surface area contributed by atoms with Crippen molar-refractivity contribution < 1.29 is 9.53 Å². The van der Waals surface area contributed by atoms with E-state index in [2.05, 4.69) is 5.32 Å². The first-order valence-electron chi connectivity index (χ1n) is 7.63. The summed E-state index contributed by atoms with van der Waals surface area (Å²) in [6, 6.07) is 27.2. The van der Waals surface area contributed by atoms with Crippen LogP contribution in [0.4, 0.5) is 10.5 Å². The Kier molecular flexibility index (Phi) is 5.25. The van der Waals surface area contributed by atoms with Crippen LogP contribution in [0.5, 0.6) is 5.75 Å². The molecule has 0 saturated carbocycles. The van der Waals surface area contributed by atoms with Gasteiger partial charge in [0.1, 0.15) is 5.75 Å². The molecule has 0 aliphatic rings. The zero-order valence-electron chi connectivity index (χ0n) is 13.3. The highest BCUT2D eigenvalue weighted by Crippen LogP contribution is 2.35. The van der Waals surface area contributed by atoms with E-state index in [1.807, 2.05) is 84.9 Å². The maximum atomic E-state index is 13.0. The van der Waals surface area contributed by atoms with Gasteiger partial charge in [0.2, 0.25) is 0 Å². The molecule has 0 aliphatic carbocycles. The summed E-state index contributed by atoms with van der Waals surface area (Å²) in [6.45, 7) is 0. The number of ether oxygens (including phenoxy) is 1. The zero-order valence-corrected chi connectivity index (χ0v) is 14.2. The van der Waals surface area contributed by atoms with Gasteiger partial charge < -0.3 is 10.1 Å². The van der Waals surface area contributed by atoms with Crippen LogP contribution in [0.3, 0.4) is 0 Å². The lowest BCUT2D eigenvalue weighted by molar-refractivity contribution is 0.269. The van der Waals surface area contributed by atoms with Gasteiger partial charge in [0.05, 0.1) is 15.0 Å². The van der Waals surface area contributed by atoms with Crippen molar-refractivity contribution in [2.24, 2.45) is 0 Å². The van der Waals surface area contributed by atoms with Crippen LogP contribution in [0, 0.1) is 0 Å². The van der Waals surface area contributed by atoms with Gasteiger partial charge in [-0.1, -0.05) is 60.7 Å². The molecule has 3 nitrogen and oxygen atoms in total. The molecule has 0 heterocycles. The largest absolute Gasteiger partial charge is 0.497 e. The number of anilines is 1. The monoisotopic (exact) mass is 335 g/mol. The average molecular weight is 335 g/mol. The number of carbonyl (C=O) groups excluding carboxylic acids is 1. The summed E-state index contributed by atoms with van der Waals surface area (Å²) in [7, 11) is 0.494. The van der Waals surface area contributed by atoms with Gasteiger partial charge in [-0.25, -0.2) is 0 Å². The predicted molar refractivity (Wildman–Crippen MR) is 101 cm³/mol. The standard InChI is InChI=1S/C20H18NO2P/c1-23-17-14-12-16(13-15-17)21-20(22)24(18-8-4-2-5-9-18)19-10-6-3-7-11-19/h2-15H,1H3,(H,21,22). The lowest BCUT2D eigenvalue weighted by atomic mass is 10.3. The van der Waals surface area contributed by atoms with Crippen LogP contribution in [0.25, 0.3) is 0 Å². The predicted octanol–water partition coefficient (Wildman–Crippen LogP) is 4.36. The molecule has 0 aliphatic heterocycles. The van der Waals surface area contributed by atoms with E-state index in [0.717, 1.165) is 22.0 Å². The van der Waals surface area contributed by atoms with Gasteiger partial charge in [-0.05, 0) is 34.9 Å². The second kappa shape index (κ2) is 7.76. The molecule has 3 rings (SSSR count). The van der Waals surface area contributed by atoms with Crippen LogP contribution in [0.15, 0.2) is 84.9 Å². The lowest BCUT2D eigenvalue weighted by Gasteiger charge is -2.18.